The van der Waals surface area contributed by atoms with Gasteiger partial charge in [0.1, 0.15) is 23.7 Å². The molecular weight excluding hydrogens is 1180 g/mol. The van der Waals surface area contributed by atoms with Gasteiger partial charge in [-0.1, -0.05) is 68.1 Å². The van der Waals surface area contributed by atoms with Crippen LogP contribution in [0.4, 0.5) is 8.78 Å². The van der Waals surface area contributed by atoms with Gasteiger partial charge in [0, 0.05) is 75.6 Å². The summed E-state index contributed by atoms with van der Waals surface area (Å²) >= 11 is 0. The highest BCUT2D eigenvalue weighted by atomic mass is 32.2. The highest BCUT2D eigenvalue weighted by Gasteiger charge is 2.40. The molecule has 2 aliphatic heterocycles. The fraction of sp³-hybridized carbons (Fsp3) is 0.446. The number of nitrogens with zero attached hydrogens (tertiary/aromatic N) is 4. The number of likely N-dealkylation sites (N-methyl/N-ethyl adjacent to an activating group) is 2. The summed E-state index contributed by atoms with van der Waals surface area (Å²) in [5.41, 5.74) is 2.35. The molecule has 2 saturated heterocycles. The molecule has 6 N–H and O–H groups in total. The lowest BCUT2D eigenvalue weighted by molar-refractivity contribution is -0.138. The molecule has 0 bridgehead atoms. The fourth-order valence-electron chi connectivity index (χ4n) is 10.8. The molecule has 2 heterocycles. The normalized spacial score (nSPS) is 16.4. The Hall–Kier alpha value is -7.48. The van der Waals surface area contributed by atoms with Gasteiger partial charge in [0.05, 0.1) is 21.9 Å². The van der Waals surface area contributed by atoms with E-state index < -0.39 is 91.6 Å². The first kappa shape index (κ1) is 70.6. The first-order valence-electron chi connectivity index (χ1n) is 30.0. The predicted octanol–water partition coefficient (Wildman–Crippen LogP) is 5.66. The van der Waals surface area contributed by atoms with Crippen molar-refractivity contribution in [3.8, 4) is 0 Å². The maximum absolute atomic E-state index is 14.5. The predicted molar refractivity (Wildman–Crippen MR) is 337 cm³/mol. The van der Waals surface area contributed by atoms with Gasteiger partial charge >= 0.3 is 0 Å². The van der Waals surface area contributed by atoms with Gasteiger partial charge in [-0.2, -0.15) is 8.61 Å². The van der Waals surface area contributed by atoms with Gasteiger partial charge in [0.15, 0.2) is 0 Å². The van der Waals surface area contributed by atoms with Crippen LogP contribution in [0.2, 0.25) is 0 Å². The van der Waals surface area contributed by atoms with Crippen molar-refractivity contribution in [2.75, 3.05) is 66.5 Å². The smallest absolute Gasteiger partial charge is 0.251 e. The standard InChI is InChI=1S/C64H82F2N10O10S2.CH4/c1-45(67-3)59(77)71-57(63(81)75-39-13-19-53(75)43-73(41-35-47-15-7-5-8-16-47)87(83,84)55-31-27-51(65)28-32-55)21-11-37-69-61(79)49-23-25-50(26-24-49)62(80)70-38-12-22-58(72-60(78)46(2)68-4)64(82)76-40-14-20-54(76)44-74(42-36-48-17-9-6-10-18-48)88(85,86)56-33-29-52(66)30-34-56;/h5-10,15-18,23-34,45-46,53-54,57-58,67-68H,11-14,19-22,35-44H2,1-4H3,(H,69,79)(H,70,80)(H,71,77)(H,72,78);1H4/t45-,46-,53-,54-,57-,58-;/m0./s1. The van der Waals surface area contributed by atoms with E-state index in [1.165, 1.54) is 57.1 Å². The molecule has 20 nitrogen and oxygen atoms in total. The SMILES string of the molecule is C.CN[C@@H](C)C(=O)N[C@@H](CCCNC(=O)c1ccc(C(=O)NCCC[C@H](NC(=O)[C@H](C)NC)C(=O)N2CCC[C@H]2CN(CCc2ccccc2)S(=O)(=O)c2ccc(F)cc2)cc1)C(=O)N1CCC[C@H]1CN(CCc1ccccc1)S(=O)(=O)c1ccc(F)cc1. The van der Waals surface area contributed by atoms with Crippen LogP contribution in [0, 0.1) is 11.6 Å². The van der Waals surface area contributed by atoms with E-state index in [1.807, 2.05) is 60.7 Å². The van der Waals surface area contributed by atoms with E-state index in [1.54, 1.807) is 37.7 Å². The Balaban J connectivity index is 0.0000126. The van der Waals surface area contributed by atoms with Crippen LogP contribution in [0.25, 0.3) is 0 Å². The van der Waals surface area contributed by atoms with Crippen molar-refractivity contribution in [1.82, 2.24) is 50.3 Å². The molecule has 2 aliphatic rings. The molecule has 2 fully saturated rings. The summed E-state index contributed by atoms with van der Waals surface area (Å²) in [6.45, 7) is 4.37. The van der Waals surface area contributed by atoms with Crippen LogP contribution < -0.4 is 31.9 Å². The average molecular weight is 1270 g/mol. The number of benzene rings is 5. The Morgan fingerprint density at radius 1 is 0.528 bits per heavy atom. The summed E-state index contributed by atoms with van der Waals surface area (Å²) in [6.07, 6.45) is 3.85. The second kappa shape index (κ2) is 33.9. The quantitative estimate of drug-likeness (QED) is 0.0286. The van der Waals surface area contributed by atoms with Crippen molar-refractivity contribution in [3.05, 3.63) is 167 Å². The number of amides is 6. The molecule has 482 valence electrons. The van der Waals surface area contributed by atoms with Gasteiger partial charge in [0.2, 0.25) is 43.7 Å². The van der Waals surface area contributed by atoms with Crippen molar-refractivity contribution < 1.29 is 54.4 Å². The van der Waals surface area contributed by atoms with Crippen LogP contribution >= 0.6 is 0 Å². The third-order valence-electron chi connectivity index (χ3n) is 16.2. The Bertz CT molecular complexity index is 3130. The summed E-state index contributed by atoms with van der Waals surface area (Å²) in [7, 11) is -5.01. The van der Waals surface area contributed by atoms with E-state index in [4.69, 9.17) is 0 Å². The first-order valence-corrected chi connectivity index (χ1v) is 32.9. The van der Waals surface area contributed by atoms with E-state index in [9.17, 15) is 54.4 Å². The van der Waals surface area contributed by atoms with Crippen molar-refractivity contribution in [3.63, 3.8) is 0 Å². The molecular formula is C65H86F2N10O10S2. The van der Waals surface area contributed by atoms with Gasteiger partial charge in [-0.25, -0.2) is 25.6 Å². The van der Waals surface area contributed by atoms with Crippen LogP contribution in [0.3, 0.4) is 0 Å². The lowest BCUT2D eigenvalue weighted by atomic mass is 10.1. The fourth-order valence-corrected chi connectivity index (χ4v) is 13.7. The van der Waals surface area contributed by atoms with E-state index in [2.05, 4.69) is 31.9 Å². The Morgan fingerprint density at radius 3 is 1.21 bits per heavy atom. The lowest BCUT2D eigenvalue weighted by Crippen LogP contribution is -2.55. The number of halogens is 2. The third kappa shape index (κ3) is 19.8. The zero-order valence-corrected chi connectivity index (χ0v) is 52.0. The molecule has 0 unspecified atom stereocenters. The van der Waals surface area contributed by atoms with E-state index >= 15 is 0 Å². The lowest BCUT2D eigenvalue weighted by Gasteiger charge is -2.33. The molecule has 0 spiro atoms. The molecule has 0 aromatic heterocycles. The van der Waals surface area contributed by atoms with Crippen LogP contribution in [0.15, 0.2) is 143 Å². The molecule has 7 rings (SSSR count). The maximum atomic E-state index is 14.5. The van der Waals surface area contributed by atoms with E-state index in [-0.39, 0.29) is 105 Å². The van der Waals surface area contributed by atoms with Crippen molar-refractivity contribution in [1.29, 1.82) is 0 Å². The molecule has 24 heteroatoms. The molecule has 5 aromatic rings. The highest BCUT2D eigenvalue weighted by molar-refractivity contribution is 7.89. The molecule has 6 atom stereocenters. The van der Waals surface area contributed by atoms with E-state index in [0.29, 0.717) is 51.6 Å². The molecule has 5 aromatic carbocycles. The van der Waals surface area contributed by atoms with Gasteiger partial charge in [0.25, 0.3) is 11.8 Å². The largest absolute Gasteiger partial charge is 0.352 e. The number of likely N-dealkylation sites (tertiary alicyclic amines) is 2. The first-order chi connectivity index (χ1) is 42.2. The summed E-state index contributed by atoms with van der Waals surface area (Å²) in [5, 5.41) is 17.2. The topological polar surface area (TPSA) is 256 Å². The van der Waals surface area contributed by atoms with Crippen molar-refractivity contribution in [2.24, 2.45) is 0 Å². The number of hydrogen-bond acceptors (Lipinski definition) is 12. The molecule has 89 heavy (non-hydrogen) atoms. The summed E-state index contributed by atoms with van der Waals surface area (Å²) < 4.78 is 87.0. The van der Waals surface area contributed by atoms with Gasteiger partial charge < -0.3 is 41.7 Å². The molecule has 0 saturated carbocycles. The molecule has 6 amide bonds. The van der Waals surface area contributed by atoms with Gasteiger partial charge in [-0.15, -0.1) is 0 Å². The van der Waals surface area contributed by atoms with E-state index in [0.717, 1.165) is 35.4 Å². The number of sulfonamides is 2. The summed E-state index contributed by atoms with van der Waals surface area (Å²) in [4.78, 5) is 85.4. The zero-order valence-electron chi connectivity index (χ0n) is 50.3. The van der Waals surface area contributed by atoms with Gasteiger partial charge in [-0.3, -0.25) is 28.8 Å². The minimum atomic E-state index is -4.12. The monoisotopic (exact) mass is 1270 g/mol. The minimum Gasteiger partial charge on any atom is -0.352 e. The number of rotatable bonds is 32. The third-order valence-corrected chi connectivity index (χ3v) is 20.0. The number of nitrogens with one attached hydrogen (secondary N) is 6. The molecule has 0 radical (unpaired) electrons. The number of carbonyl (C=O) groups excluding carboxylic acids is 6. The summed E-state index contributed by atoms with van der Waals surface area (Å²) in [6, 6.07) is 29.7. The summed E-state index contributed by atoms with van der Waals surface area (Å²) in [5.74, 6) is -3.64. The minimum absolute atomic E-state index is 0. The van der Waals surface area contributed by atoms with Crippen LogP contribution in [0.1, 0.15) is 104 Å². The average Bonchev–Trinajstić information content (AvgIpc) is 2.18. The Morgan fingerprint density at radius 2 is 0.876 bits per heavy atom. The maximum Gasteiger partial charge on any atom is 0.251 e. The number of hydrogen-bond donors (Lipinski definition) is 6. The number of carbonyl (C=O) groups is 6. The van der Waals surface area contributed by atoms with Crippen molar-refractivity contribution in [2.45, 2.75) is 132 Å². The van der Waals surface area contributed by atoms with Gasteiger partial charge in [-0.05, 0) is 176 Å². The zero-order chi connectivity index (χ0) is 63.4. The molecule has 0 aliphatic carbocycles. The van der Waals surface area contributed by atoms with Crippen LogP contribution in [-0.2, 0) is 52.1 Å². The second-order valence-corrected chi connectivity index (χ2v) is 26.2. The Labute approximate surface area is 523 Å². The Kier molecular flexibility index (Phi) is 26.9. The van der Waals surface area contributed by atoms with Crippen LogP contribution in [-0.4, -0.2) is 173 Å². The second-order valence-electron chi connectivity index (χ2n) is 22.3. The highest BCUT2D eigenvalue weighted by Crippen LogP contribution is 2.27. The van der Waals surface area contributed by atoms with Crippen LogP contribution in [0.5, 0.6) is 0 Å². The van der Waals surface area contributed by atoms with Crippen molar-refractivity contribution >= 4 is 55.5 Å².